The zero-order chi connectivity index (χ0) is 37.0. The molecule has 0 saturated heterocycles. The molecule has 0 aliphatic carbocycles. The van der Waals surface area contributed by atoms with Gasteiger partial charge in [-0.05, 0) is 117 Å². The third kappa shape index (κ3) is 42.7. The quantitative estimate of drug-likeness (QED) is 0.0474. The molecule has 0 N–H and O–H groups in total. The number of rotatable bonds is 27. The molecule has 0 unspecified atom stereocenters. The molecule has 0 aromatic rings. The molecule has 0 aromatic carbocycles. The first kappa shape index (κ1) is 52.0. The van der Waals surface area contributed by atoms with Crippen molar-refractivity contribution in [3.05, 3.63) is 25.3 Å². The van der Waals surface area contributed by atoms with E-state index in [1.165, 1.54) is 0 Å². The SMILES string of the molecule is C=CCOCCOCC=C.CO[Si](C)(C)CCCOCCOCCC[Si](C)(C)O[Si](C)(C)O[SiH](C)C.C[SiH](C)O[Si](C)(C)O[SiH](C)C. The van der Waals surface area contributed by atoms with Gasteiger partial charge in [0.05, 0.1) is 39.6 Å². The minimum atomic E-state index is -1.96. The van der Waals surface area contributed by atoms with E-state index in [-0.39, 0.29) is 0 Å². The summed E-state index contributed by atoms with van der Waals surface area (Å²) in [7, 11) is -7.78. The van der Waals surface area contributed by atoms with Gasteiger partial charge in [0.2, 0.25) is 0 Å². The van der Waals surface area contributed by atoms with Crippen LogP contribution in [0.3, 0.4) is 0 Å². The Bertz CT molecular complexity index is 718. The van der Waals surface area contributed by atoms with Gasteiger partial charge in [-0.25, -0.2) is 0 Å². The highest BCUT2D eigenvalue weighted by Crippen LogP contribution is 2.21. The molecule has 0 bridgehead atoms. The van der Waals surface area contributed by atoms with Crippen LogP contribution in [0.4, 0.5) is 0 Å². The Hall–Kier alpha value is 0.638. The first-order chi connectivity index (χ1) is 21.6. The molecule has 0 radical (unpaired) electrons. The van der Waals surface area contributed by atoms with Crippen LogP contribution in [0.25, 0.3) is 0 Å². The van der Waals surface area contributed by atoms with E-state index in [1.54, 1.807) is 12.2 Å². The summed E-state index contributed by atoms with van der Waals surface area (Å²) in [6.07, 6.45) is 5.56. The second kappa shape index (κ2) is 30.3. The van der Waals surface area contributed by atoms with Crippen LogP contribution >= 0.6 is 0 Å². The van der Waals surface area contributed by atoms with E-state index < -0.39 is 60.9 Å². The van der Waals surface area contributed by atoms with Crippen LogP contribution in [0, 0.1) is 0 Å². The van der Waals surface area contributed by atoms with E-state index >= 15 is 0 Å². The van der Waals surface area contributed by atoms with Crippen molar-refractivity contribution in [3.63, 3.8) is 0 Å². The smallest absolute Gasteiger partial charge is 0.310 e. The summed E-state index contributed by atoms with van der Waals surface area (Å²) in [6.45, 7) is 43.3. The van der Waals surface area contributed by atoms with Gasteiger partial charge in [0.25, 0.3) is 0 Å². The molecule has 0 spiro atoms. The topological polar surface area (TPSA) is 83.1 Å². The van der Waals surface area contributed by atoms with Gasteiger partial charge in [-0.1, -0.05) is 12.2 Å². The average Bonchev–Trinajstić information content (AvgIpc) is 2.89. The molecule has 284 valence electrons. The van der Waals surface area contributed by atoms with E-state index in [1.807, 2.05) is 7.11 Å². The minimum Gasteiger partial charge on any atom is -0.440 e. The molecule has 0 atom stereocenters. The van der Waals surface area contributed by atoms with Crippen molar-refractivity contribution in [2.45, 2.75) is 117 Å². The lowest BCUT2D eigenvalue weighted by Gasteiger charge is -2.34. The highest BCUT2D eigenvalue weighted by molar-refractivity contribution is 6.84. The minimum absolute atomic E-state index is 0.595. The number of ether oxygens (including phenoxy) is 4. The molecule has 16 heteroatoms. The monoisotopic (exact) mass is 790 g/mol. The van der Waals surface area contributed by atoms with Crippen molar-refractivity contribution >= 4 is 60.9 Å². The van der Waals surface area contributed by atoms with Gasteiger partial charge < -0.3 is 39.8 Å². The van der Waals surface area contributed by atoms with E-state index in [4.69, 9.17) is 39.8 Å². The predicted molar refractivity (Wildman–Crippen MR) is 220 cm³/mol. The molecule has 0 amide bonds. The largest absolute Gasteiger partial charge is 0.440 e. The van der Waals surface area contributed by atoms with Gasteiger partial charge >= 0.3 is 17.1 Å². The Morgan fingerprint density at radius 2 is 0.830 bits per heavy atom. The summed E-state index contributed by atoms with van der Waals surface area (Å²) in [6, 6.07) is 2.26. The lowest BCUT2D eigenvalue weighted by Crippen LogP contribution is -2.48. The molecule has 9 nitrogen and oxygen atoms in total. The fourth-order valence-corrected chi connectivity index (χ4v) is 27.4. The fraction of sp³-hybridized carbons (Fsp3) is 0.871. The Kier molecular flexibility index (Phi) is 33.5. The highest BCUT2D eigenvalue weighted by Gasteiger charge is 2.34. The van der Waals surface area contributed by atoms with Crippen molar-refractivity contribution in [1.29, 1.82) is 0 Å². The van der Waals surface area contributed by atoms with Crippen LogP contribution in [0.1, 0.15) is 12.8 Å². The normalized spacial score (nSPS) is 12.6. The summed E-state index contributed by atoms with van der Waals surface area (Å²) < 4.78 is 51.2. The highest BCUT2D eigenvalue weighted by atomic mass is 28.5. The van der Waals surface area contributed by atoms with E-state index in [0.29, 0.717) is 39.6 Å². The van der Waals surface area contributed by atoms with Crippen LogP contribution in [0.2, 0.25) is 104 Å². The van der Waals surface area contributed by atoms with Crippen LogP contribution in [-0.4, -0.2) is 121 Å². The maximum atomic E-state index is 6.45. The zero-order valence-electron chi connectivity index (χ0n) is 33.5. The van der Waals surface area contributed by atoms with Crippen LogP contribution in [0.15, 0.2) is 25.3 Å². The second-order valence-electron chi connectivity index (χ2n) is 14.3. The molecule has 0 aliphatic rings. The third-order valence-corrected chi connectivity index (χ3v) is 26.8. The van der Waals surface area contributed by atoms with Gasteiger partial charge in [-0.3, -0.25) is 0 Å². The molecular weight excluding hydrogens is 713 g/mol. The summed E-state index contributed by atoms with van der Waals surface area (Å²) >= 11 is 0. The van der Waals surface area contributed by atoms with Crippen LogP contribution < -0.4 is 0 Å². The number of hydrogen-bond donors (Lipinski definition) is 0. The Labute approximate surface area is 301 Å². The Balaban J connectivity index is -0.000000753. The van der Waals surface area contributed by atoms with Crippen molar-refractivity contribution in [2.24, 2.45) is 0 Å². The Morgan fingerprint density at radius 3 is 1.17 bits per heavy atom. The van der Waals surface area contributed by atoms with Crippen molar-refractivity contribution in [1.82, 2.24) is 0 Å². The lowest BCUT2D eigenvalue weighted by atomic mass is 10.5. The molecule has 0 heterocycles. The van der Waals surface area contributed by atoms with Gasteiger partial charge in [-0.2, -0.15) is 0 Å². The van der Waals surface area contributed by atoms with Gasteiger partial charge in [0.1, 0.15) is 0 Å². The molecule has 0 rings (SSSR count). The molecular formula is C31H78O9Si7. The van der Waals surface area contributed by atoms with Crippen molar-refractivity contribution in [3.8, 4) is 0 Å². The second-order valence-corrected chi connectivity index (χ2v) is 38.3. The third-order valence-electron chi connectivity index (χ3n) is 5.98. The fourth-order valence-electron chi connectivity index (χ4n) is 4.55. The summed E-state index contributed by atoms with van der Waals surface area (Å²) in [5, 5.41) is 0. The molecule has 0 aliphatic heterocycles. The first-order valence-corrected chi connectivity index (χ1v) is 37.7. The summed E-state index contributed by atoms with van der Waals surface area (Å²) in [5.74, 6) is 0. The van der Waals surface area contributed by atoms with Crippen LogP contribution in [0.5, 0.6) is 0 Å². The standard InChI is InChI=1S/C17H44O5Si4.C8H14O2.C6H20O2Si3/c1-18-24(4,5)16-10-12-19-14-15-20-13-11-17-25(6,7)22-26(8,9)21-23(2)3;1-3-5-9-7-8-10-6-4-2;1-9(2)7-11(5,6)8-10(3)4/h23H,10-17H2,1-9H3;3-4H,1-2,5-8H2;9-10H,1-6H3. The average molecular weight is 792 g/mol. The van der Waals surface area contributed by atoms with Gasteiger partial charge in [0, 0.05) is 20.3 Å². The first-order valence-electron chi connectivity index (χ1n) is 17.5. The maximum Gasteiger partial charge on any atom is 0.310 e. The van der Waals surface area contributed by atoms with E-state index in [0.717, 1.165) is 38.1 Å². The lowest BCUT2D eigenvalue weighted by molar-refractivity contribution is 0.0478. The van der Waals surface area contributed by atoms with Crippen LogP contribution in [-0.2, 0) is 39.8 Å². The molecule has 0 aromatic heterocycles. The van der Waals surface area contributed by atoms with Gasteiger partial charge in [-0.15, -0.1) is 13.2 Å². The predicted octanol–water partition coefficient (Wildman–Crippen LogP) is 7.65. The van der Waals surface area contributed by atoms with Crippen molar-refractivity contribution < 1.29 is 39.8 Å². The summed E-state index contributed by atoms with van der Waals surface area (Å²) in [5.41, 5.74) is 0. The maximum absolute atomic E-state index is 6.45. The Morgan fingerprint density at radius 1 is 0.489 bits per heavy atom. The molecule has 47 heavy (non-hydrogen) atoms. The van der Waals surface area contributed by atoms with Gasteiger partial charge in [0.15, 0.2) is 43.8 Å². The van der Waals surface area contributed by atoms with Crippen molar-refractivity contribution in [2.75, 3.05) is 60.0 Å². The van der Waals surface area contributed by atoms with E-state index in [9.17, 15) is 0 Å². The molecule has 0 fully saturated rings. The number of hydrogen-bond acceptors (Lipinski definition) is 9. The van der Waals surface area contributed by atoms with E-state index in [2.05, 4.69) is 105 Å². The molecule has 0 saturated carbocycles. The zero-order valence-corrected chi connectivity index (χ0v) is 40.9. The summed E-state index contributed by atoms with van der Waals surface area (Å²) in [4.78, 5) is 0.